The molecule has 0 heterocycles. The van der Waals surface area contributed by atoms with Gasteiger partial charge in [-0.3, -0.25) is 0 Å². The van der Waals surface area contributed by atoms with E-state index >= 15 is 0 Å². The van der Waals surface area contributed by atoms with E-state index in [0.717, 1.165) is 12.1 Å². The molecule has 1 amide bonds. The summed E-state index contributed by atoms with van der Waals surface area (Å²) in [7, 11) is 0. The number of aliphatic hydroxyl groups is 1. The number of nitrogens with one attached hydrogen (secondary N) is 2. The van der Waals surface area contributed by atoms with Gasteiger partial charge in [-0.15, -0.1) is 0 Å². The molecule has 2 atom stereocenters. The Hall–Kier alpha value is -1.59. The zero-order chi connectivity index (χ0) is 15.0. The maximum absolute atomic E-state index is 10.8. The standard InChI is InChI=1S/C15H24N2O3/c1-11(2)9-16-10-14(18)13(17-15(19)20)8-12-6-4-3-5-7-12/h3-7,11,13-14,16-18H,8-10H2,1-2H3,(H,19,20)/t13?,14-/m1/s1. The predicted octanol–water partition coefficient (Wildman–Crippen LogP) is 1.47. The summed E-state index contributed by atoms with van der Waals surface area (Å²) in [5, 5.41) is 24.6. The lowest BCUT2D eigenvalue weighted by atomic mass is 10.0. The Morgan fingerprint density at radius 3 is 2.40 bits per heavy atom. The van der Waals surface area contributed by atoms with Crippen molar-refractivity contribution in [2.45, 2.75) is 32.4 Å². The van der Waals surface area contributed by atoms with Gasteiger partial charge < -0.3 is 20.8 Å². The molecule has 1 aromatic carbocycles. The van der Waals surface area contributed by atoms with Crippen molar-refractivity contribution in [1.82, 2.24) is 10.6 Å². The molecule has 4 N–H and O–H groups in total. The van der Waals surface area contributed by atoms with E-state index < -0.39 is 18.2 Å². The summed E-state index contributed by atoms with van der Waals surface area (Å²) >= 11 is 0. The molecule has 0 aliphatic carbocycles. The fourth-order valence-corrected chi connectivity index (χ4v) is 1.97. The van der Waals surface area contributed by atoms with Crippen LogP contribution < -0.4 is 10.6 Å². The second-order valence-corrected chi connectivity index (χ2v) is 5.37. The molecule has 0 aromatic heterocycles. The monoisotopic (exact) mass is 280 g/mol. The highest BCUT2D eigenvalue weighted by Gasteiger charge is 2.21. The van der Waals surface area contributed by atoms with Gasteiger partial charge in [0.25, 0.3) is 0 Å². The van der Waals surface area contributed by atoms with Gasteiger partial charge in [0.15, 0.2) is 0 Å². The van der Waals surface area contributed by atoms with Crippen LogP contribution in [-0.4, -0.2) is 41.5 Å². The number of rotatable bonds is 8. The van der Waals surface area contributed by atoms with Crippen molar-refractivity contribution in [3.8, 4) is 0 Å². The van der Waals surface area contributed by atoms with Crippen molar-refractivity contribution in [3.05, 3.63) is 35.9 Å². The van der Waals surface area contributed by atoms with Crippen LogP contribution in [0.15, 0.2) is 30.3 Å². The largest absolute Gasteiger partial charge is 0.465 e. The van der Waals surface area contributed by atoms with Crippen molar-refractivity contribution >= 4 is 6.09 Å². The van der Waals surface area contributed by atoms with Gasteiger partial charge in [0.1, 0.15) is 0 Å². The molecule has 0 fully saturated rings. The summed E-state index contributed by atoms with van der Waals surface area (Å²) in [5.74, 6) is 0.488. The van der Waals surface area contributed by atoms with Crippen molar-refractivity contribution in [2.24, 2.45) is 5.92 Å². The minimum atomic E-state index is -1.12. The number of amides is 1. The molecule has 0 aliphatic rings. The fourth-order valence-electron chi connectivity index (χ4n) is 1.97. The molecule has 0 bridgehead atoms. The summed E-state index contributed by atoms with van der Waals surface area (Å²) in [6.45, 7) is 5.32. The maximum atomic E-state index is 10.8. The van der Waals surface area contributed by atoms with E-state index in [1.807, 2.05) is 30.3 Å². The molecule has 0 aliphatic heterocycles. The summed E-state index contributed by atoms with van der Waals surface area (Å²) in [5.41, 5.74) is 0.995. The Kier molecular flexibility index (Phi) is 7.04. The molecular weight excluding hydrogens is 256 g/mol. The minimum Gasteiger partial charge on any atom is -0.465 e. The lowest BCUT2D eigenvalue weighted by molar-refractivity contribution is 0.117. The van der Waals surface area contributed by atoms with Gasteiger partial charge in [-0.2, -0.15) is 0 Å². The van der Waals surface area contributed by atoms with E-state index in [1.54, 1.807) is 0 Å². The van der Waals surface area contributed by atoms with Gasteiger partial charge in [-0.25, -0.2) is 4.79 Å². The normalized spacial score (nSPS) is 14.0. The zero-order valence-electron chi connectivity index (χ0n) is 12.0. The highest BCUT2D eigenvalue weighted by atomic mass is 16.4. The van der Waals surface area contributed by atoms with Gasteiger partial charge in [0.2, 0.25) is 0 Å². The lowest BCUT2D eigenvalue weighted by Gasteiger charge is -2.23. The van der Waals surface area contributed by atoms with Crippen LogP contribution in [0.1, 0.15) is 19.4 Å². The average Bonchev–Trinajstić information content (AvgIpc) is 2.38. The van der Waals surface area contributed by atoms with Gasteiger partial charge in [0, 0.05) is 6.54 Å². The molecule has 0 saturated heterocycles. The second-order valence-electron chi connectivity index (χ2n) is 5.37. The number of benzene rings is 1. The number of carboxylic acid groups (broad SMARTS) is 1. The molecule has 1 unspecified atom stereocenters. The van der Waals surface area contributed by atoms with Gasteiger partial charge in [0.05, 0.1) is 12.1 Å². The third-order valence-electron chi connectivity index (χ3n) is 2.98. The fraction of sp³-hybridized carbons (Fsp3) is 0.533. The quantitative estimate of drug-likeness (QED) is 0.581. The number of hydrogen-bond acceptors (Lipinski definition) is 3. The first-order valence-electron chi connectivity index (χ1n) is 6.91. The van der Waals surface area contributed by atoms with Crippen LogP contribution in [0.3, 0.4) is 0 Å². The van der Waals surface area contributed by atoms with E-state index in [0.29, 0.717) is 18.9 Å². The SMILES string of the molecule is CC(C)CNC[C@@H](O)C(Cc1ccccc1)NC(=O)O. The first kappa shape index (κ1) is 16.5. The first-order chi connectivity index (χ1) is 9.49. The topological polar surface area (TPSA) is 81.6 Å². The van der Waals surface area contributed by atoms with E-state index in [-0.39, 0.29) is 0 Å². The molecule has 1 rings (SSSR count). The minimum absolute atomic E-state index is 0.371. The van der Waals surface area contributed by atoms with E-state index in [2.05, 4.69) is 24.5 Å². The van der Waals surface area contributed by atoms with Crippen molar-refractivity contribution in [1.29, 1.82) is 0 Å². The van der Waals surface area contributed by atoms with Gasteiger partial charge >= 0.3 is 6.09 Å². The van der Waals surface area contributed by atoms with Crippen LogP contribution in [0.2, 0.25) is 0 Å². The smallest absolute Gasteiger partial charge is 0.404 e. The van der Waals surface area contributed by atoms with Crippen LogP contribution in [0.25, 0.3) is 0 Å². The van der Waals surface area contributed by atoms with E-state index in [1.165, 1.54) is 0 Å². The number of aliphatic hydroxyl groups excluding tert-OH is 1. The Morgan fingerprint density at radius 1 is 1.20 bits per heavy atom. The molecule has 1 aromatic rings. The summed E-state index contributed by atoms with van der Waals surface area (Å²) < 4.78 is 0. The highest BCUT2D eigenvalue weighted by molar-refractivity contribution is 5.65. The van der Waals surface area contributed by atoms with Crippen LogP contribution in [0, 0.1) is 5.92 Å². The van der Waals surface area contributed by atoms with Crippen LogP contribution >= 0.6 is 0 Å². The number of carbonyl (C=O) groups is 1. The van der Waals surface area contributed by atoms with Crippen molar-refractivity contribution in [2.75, 3.05) is 13.1 Å². The third kappa shape index (κ3) is 6.54. The molecule has 0 spiro atoms. The summed E-state index contributed by atoms with van der Waals surface area (Å²) in [4.78, 5) is 10.8. The predicted molar refractivity (Wildman–Crippen MR) is 78.8 cm³/mol. The molecule has 0 radical (unpaired) electrons. The molecule has 5 nitrogen and oxygen atoms in total. The zero-order valence-corrected chi connectivity index (χ0v) is 12.0. The van der Waals surface area contributed by atoms with Gasteiger partial charge in [-0.1, -0.05) is 44.2 Å². The van der Waals surface area contributed by atoms with Crippen molar-refractivity contribution in [3.63, 3.8) is 0 Å². The maximum Gasteiger partial charge on any atom is 0.404 e. The Balaban J connectivity index is 2.56. The highest BCUT2D eigenvalue weighted by Crippen LogP contribution is 2.06. The Labute approximate surface area is 120 Å². The van der Waals surface area contributed by atoms with Crippen molar-refractivity contribution < 1.29 is 15.0 Å². The Morgan fingerprint density at radius 2 is 1.85 bits per heavy atom. The molecule has 112 valence electrons. The van der Waals surface area contributed by atoms with E-state index in [4.69, 9.17) is 5.11 Å². The Bertz CT molecular complexity index is 395. The summed E-state index contributed by atoms with van der Waals surface area (Å²) in [6.07, 6.45) is -1.41. The van der Waals surface area contributed by atoms with Gasteiger partial charge in [-0.05, 0) is 24.4 Å². The average molecular weight is 280 g/mol. The molecule has 5 heteroatoms. The molecule has 0 saturated carbocycles. The summed E-state index contributed by atoms with van der Waals surface area (Å²) in [6, 6.07) is 9.03. The molecular formula is C15H24N2O3. The second kappa shape index (κ2) is 8.55. The van der Waals surface area contributed by atoms with E-state index in [9.17, 15) is 9.90 Å². The van der Waals surface area contributed by atoms with Crippen LogP contribution in [0.4, 0.5) is 4.79 Å². The lowest BCUT2D eigenvalue weighted by Crippen LogP contribution is -2.48. The number of hydrogen-bond donors (Lipinski definition) is 4. The molecule has 20 heavy (non-hydrogen) atoms. The third-order valence-corrected chi connectivity index (χ3v) is 2.98. The van der Waals surface area contributed by atoms with Crippen LogP contribution in [0.5, 0.6) is 0 Å². The van der Waals surface area contributed by atoms with Crippen LogP contribution in [-0.2, 0) is 6.42 Å². The first-order valence-corrected chi connectivity index (χ1v) is 6.91.